The zero-order valence-corrected chi connectivity index (χ0v) is 14.7. The number of aliphatic carboxylic acids is 1. The Balaban J connectivity index is 1.70. The van der Waals surface area contributed by atoms with Crippen molar-refractivity contribution in [3.05, 3.63) is 48.2 Å². The Morgan fingerprint density at radius 2 is 1.92 bits per heavy atom. The smallest absolute Gasteiger partial charge is 0.303 e. The zero-order chi connectivity index (χ0) is 17.9. The van der Waals surface area contributed by atoms with Gasteiger partial charge < -0.3 is 10.4 Å². The van der Waals surface area contributed by atoms with Crippen LogP contribution in [-0.2, 0) is 11.2 Å². The number of nitrogens with zero attached hydrogens (tertiary/aromatic N) is 3. The molecule has 25 heavy (non-hydrogen) atoms. The van der Waals surface area contributed by atoms with Gasteiger partial charge in [-0.15, -0.1) is 0 Å². The molecule has 0 saturated carbocycles. The van der Waals surface area contributed by atoms with Crippen LogP contribution in [0.1, 0.15) is 55.7 Å². The maximum atomic E-state index is 11.1. The summed E-state index contributed by atoms with van der Waals surface area (Å²) in [4.78, 5) is 23.6. The van der Waals surface area contributed by atoms with Crippen molar-refractivity contribution in [1.82, 2.24) is 15.0 Å². The van der Waals surface area contributed by atoms with Crippen molar-refractivity contribution in [1.29, 1.82) is 0 Å². The van der Waals surface area contributed by atoms with Crippen molar-refractivity contribution >= 4 is 11.8 Å². The molecule has 2 aromatic rings. The molecule has 0 radical (unpaired) electrons. The van der Waals surface area contributed by atoms with Gasteiger partial charge in [-0.1, -0.05) is 25.3 Å². The first-order valence-electron chi connectivity index (χ1n) is 8.79. The topological polar surface area (TPSA) is 88.0 Å². The molecule has 134 valence electrons. The Morgan fingerprint density at radius 3 is 2.64 bits per heavy atom. The summed E-state index contributed by atoms with van der Waals surface area (Å²) in [6.45, 7) is 0. The van der Waals surface area contributed by atoms with Crippen LogP contribution < -0.4 is 5.32 Å². The van der Waals surface area contributed by atoms with Crippen molar-refractivity contribution in [3.8, 4) is 0 Å². The highest BCUT2D eigenvalue weighted by molar-refractivity contribution is 5.67. The summed E-state index contributed by atoms with van der Waals surface area (Å²) in [5.41, 5.74) is 2.02. The molecule has 2 N–H and O–H groups in total. The Kier molecular flexibility index (Phi) is 7.82. The van der Waals surface area contributed by atoms with E-state index in [4.69, 9.17) is 5.11 Å². The van der Waals surface area contributed by atoms with E-state index in [1.807, 2.05) is 19.2 Å². The van der Waals surface area contributed by atoms with Crippen LogP contribution in [-0.4, -0.2) is 33.1 Å². The molecule has 1 atom stereocenters. The van der Waals surface area contributed by atoms with Gasteiger partial charge in [-0.05, 0) is 42.9 Å². The molecule has 6 heteroatoms. The summed E-state index contributed by atoms with van der Waals surface area (Å²) in [5.74, 6) is 0.121. The number of pyridine rings is 1. The molecule has 2 rings (SSSR count). The minimum atomic E-state index is -0.774. The van der Waals surface area contributed by atoms with Gasteiger partial charge in [-0.3, -0.25) is 4.79 Å². The summed E-state index contributed by atoms with van der Waals surface area (Å²) in [6, 6.07) is 6.03. The molecular weight excluding hydrogens is 316 g/mol. The first-order chi connectivity index (χ1) is 12.2. The molecule has 0 bridgehead atoms. The van der Waals surface area contributed by atoms with Crippen LogP contribution in [0.5, 0.6) is 0 Å². The van der Waals surface area contributed by atoms with Crippen LogP contribution in [0.3, 0.4) is 0 Å². The van der Waals surface area contributed by atoms with Crippen molar-refractivity contribution in [2.45, 2.75) is 50.9 Å². The minimum Gasteiger partial charge on any atom is -0.481 e. The second-order valence-corrected chi connectivity index (χ2v) is 6.18. The zero-order valence-electron chi connectivity index (χ0n) is 14.7. The second-order valence-electron chi connectivity index (χ2n) is 6.18. The maximum absolute atomic E-state index is 11.1. The van der Waals surface area contributed by atoms with Gasteiger partial charge in [-0.2, -0.15) is 0 Å². The highest BCUT2D eigenvalue weighted by Gasteiger charge is 2.15. The summed E-state index contributed by atoms with van der Waals surface area (Å²) in [5, 5.41) is 12.2. The number of carboxylic acids is 1. The third kappa shape index (κ3) is 6.87. The molecule has 0 saturated heterocycles. The van der Waals surface area contributed by atoms with Crippen LogP contribution >= 0.6 is 0 Å². The lowest BCUT2D eigenvalue weighted by Crippen LogP contribution is -2.07. The van der Waals surface area contributed by atoms with Crippen LogP contribution in [0.2, 0.25) is 0 Å². The standard InChI is InChI=1S/C19H26N4O2/c1-20-18-10-6-9-17(23-18)8-5-3-2-4-7-15(11-19(24)25)16-12-21-14-22-13-16/h6,9-10,12-15H,2-5,7-8,11H2,1H3,(H,20,23)(H,24,25)/t15-/m0/s1. The molecule has 2 heterocycles. The van der Waals surface area contributed by atoms with Gasteiger partial charge in [0.05, 0.1) is 6.42 Å². The van der Waals surface area contributed by atoms with Gasteiger partial charge in [0.2, 0.25) is 0 Å². The van der Waals surface area contributed by atoms with Gasteiger partial charge in [0.1, 0.15) is 12.1 Å². The summed E-state index contributed by atoms with van der Waals surface area (Å²) >= 11 is 0. The number of nitrogens with one attached hydrogen (secondary N) is 1. The Bertz CT molecular complexity index is 649. The average molecular weight is 342 g/mol. The molecule has 0 spiro atoms. The van der Waals surface area contributed by atoms with Crippen LogP contribution in [0.25, 0.3) is 0 Å². The van der Waals surface area contributed by atoms with Crippen LogP contribution in [0, 0.1) is 0 Å². The third-order valence-electron chi connectivity index (χ3n) is 4.27. The fourth-order valence-corrected chi connectivity index (χ4v) is 2.93. The lowest BCUT2D eigenvalue weighted by atomic mass is 9.92. The fraction of sp³-hybridized carbons (Fsp3) is 0.474. The monoisotopic (exact) mass is 342 g/mol. The number of unbranched alkanes of at least 4 members (excludes halogenated alkanes) is 3. The lowest BCUT2D eigenvalue weighted by Gasteiger charge is -2.14. The van der Waals surface area contributed by atoms with E-state index in [0.29, 0.717) is 0 Å². The molecule has 0 fully saturated rings. The minimum absolute atomic E-state index is 0.00678. The molecule has 6 nitrogen and oxygen atoms in total. The molecule has 0 amide bonds. The van der Waals surface area contributed by atoms with Crippen LogP contribution in [0.15, 0.2) is 36.9 Å². The van der Waals surface area contributed by atoms with Gasteiger partial charge in [-0.25, -0.2) is 15.0 Å². The molecular formula is C19H26N4O2. The second kappa shape index (κ2) is 10.4. The van der Waals surface area contributed by atoms with E-state index in [9.17, 15) is 4.79 Å². The fourth-order valence-electron chi connectivity index (χ4n) is 2.93. The summed E-state index contributed by atoms with van der Waals surface area (Å²) in [7, 11) is 1.87. The van der Waals surface area contributed by atoms with Crippen molar-refractivity contribution in [2.24, 2.45) is 0 Å². The Morgan fingerprint density at radius 1 is 1.16 bits per heavy atom. The van der Waals surface area contributed by atoms with E-state index in [1.54, 1.807) is 12.4 Å². The Hall–Kier alpha value is -2.50. The van der Waals surface area contributed by atoms with E-state index in [-0.39, 0.29) is 12.3 Å². The van der Waals surface area contributed by atoms with E-state index in [1.165, 1.54) is 6.33 Å². The summed E-state index contributed by atoms with van der Waals surface area (Å²) < 4.78 is 0. The number of hydrogen-bond acceptors (Lipinski definition) is 5. The maximum Gasteiger partial charge on any atom is 0.303 e. The average Bonchev–Trinajstić information content (AvgIpc) is 2.64. The molecule has 0 aromatic carbocycles. The van der Waals surface area contributed by atoms with Gasteiger partial charge in [0.25, 0.3) is 0 Å². The summed E-state index contributed by atoms with van der Waals surface area (Å²) in [6.07, 6.45) is 11.2. The number of carbonyl (C=O) groups is 1. The molecule has 0 unspecified atom stereocenters. The number of anilines is 1. The number of aryl methyl sites for hydroxylation is 1. The van der Waals surface area contributed by atoms with Crippen molar-refractivity contribution < 1.29 is 9.90 Å². The predicted octanol–water partition coefficient (Wildman–Crippen LogP) is 3.66. The van der Waals surface area contributed by atoms with E-state index in [0.717, 1.165) is 55.6 Å². The van der Waals surface area contributed by atoms with Crippen LogP contribution in [0.4, 0.5) is 5.82 Å². The number of rotatable bonds is 11. The first-order valence-corrected chi connectivity index (χ1v) is 8.79. The van der Waals surface area contributed by atoms with Crippen molar-refractivity contribution in [2.75, 3.05) is 12.4 Å². The van der Waals surface area contributed by atoms with Gasteiger partial charge >= 0.3 is 5.97 Å². The molecule has 0 aliphatic rings. The van der Waals surface area contributed by atoms with Gasteiger partial charge in [0.15, 0.2) is 0 Å². The largest absolute Gasteiger partial charge is 0.481 e. The quantitative estimate of drug-likeness (QED) is 0.606. The van der Waals surface area contributed by atoms with E-state index < -0.39 is 5.97 Å². The highest BCUT2D eigenvalue weighted by atomic mass is 16.4. The van der Waals surface area contributed by atoms with Gasteiger partial charge in [0, 0.05) is 25.1 Å². The third-order valence-corrected chi connectivity index (χ3v) is 4.27. The first kappa shape index (κ1) is 18.8. The number of aromatic nitrogens is 3. The Labute approximate surface area is 148 Å². The van der Waals surface area contributed by atoms with E-state index >= 15 is 0 Å². The molecule has 0 aliphatic carbocycles. The lowest BCUT2D eigenvalue weighted by molar-refractivity contribution is -0.137. The normalized spacial score (nSPS) is 11.9. The predicted molar refractivity (Wildman–Crippen MR) is 97.6 cm³/mol. The van der Waals surface area contributed by atoms with Crippen molar-refractivity contribution in [3.63, 3.8) is 0 Å². The molecule has 0 aliphatic heterocycles. The molecule has 2 aromatic heterocycles. The SMILES string of the molecule is CNc1cccc(CCCCCC[C@@H](CC(=O)O)c2cncnc2)n1. The number of hydrogen-bond donors (Lipinski definition) is 2. The van der Waals surface area contributed by atoms with E-state index in [2.05, 4.69) is 26.3 Å². The highest BCUT2D eigenvalue weighted by Crippen LogP contribution is 2.25. The number of carboxylic acid groups (broad SMARTS) is 1.